The molecule has 0 bridgehead atoms. The zero-order valence-electron chi connectivity index (χ0n) is 11.0. The molecule has 0 aliphatic carbocycles. The molecule has 1 heterocycles. The van der Waals surface area contributed by atoms with Crippen LogP contribution in [0.3, 0.4) is 0 Å². The van der Waals surface area contributed by atoms with Crippen molar-refractivity contribution in [2.24, 2.45) is 5.73 Å². The summed E-state index contributed by atoms with van der Waals surface area (Å²) in [5, 5.41) is 2.85. The van der Waals surface area contributed by atoms with Gasteiger partial charge in [-0.15, -0.1) is 0 Å². The number of ether oxygens (including phenoxy) is 1. The van der Waals surface area contributed by atoms with Crippen LogP contribution in [0.5, 0.6) is 5.88 Å². The van der Waals surface area contributed by atoms with Crippen LogP contribution in [-0.4, -0.2) is 24.0 Å². The minimum absolute atomic E-state index is 0.0292. The first kappa shape index (κ1) is 14.4. The summed E-state index contributed by atoms with van der Waals surface area (Å²) in [6.07, 6.45) is 3.84. The maximum atomic E-state index is 11.6. The van der Waals surface area contributed by atoms with E-state index in [1.165, 1.54) is 0 Å². The zero-order valence-corrected chi connectivity index (χ0v) is 11.0. The second-order valence-corrected chi connectivity index (χ2v) is 4.32. The standard InChI is InChI=1S/C13H21N3O2/c1-10(14)5-3-7-12(17)16-9-11-6-4-8-15-13(11)18-2/h4,6,8,10H,3,5,7,9,14H2,1-2H3,(H,16,17). The van der Waals surface area contributed by atoms with Crippen LogP contribution in [0.4, 0.5) is 0 Å². The van der Waals surface area contributed by atoms with Gasteiger partial charge >= 0.3 is 0 Å². The summed E-state index contributed by atoms with van der Waals surface area (Å²) in [5.74, 6) is 0.579. The minimum atomic E-state index is 0.0292. The summed E-state index contributed by atoms with van der Waals surface area (Å²) in [4.78, 5) is 15.7. The largest absolute Gasteiger partial charge is 0.481 e. The number of hydrogen-bond donors (Lipinski definition) is 2. The van der Waals surface area contributed by atoms with E-state index in [4.69, 9.17) is 10.5 Å². The molecule has 18 heavy (non-hydrogen) atoms. The highest BCUT2D eigenvalue weighted by Gasteiger charge is 2.06. The second kappa shape index (κ2) is 7.66. The van der Waals surface area contributed by atoms with E-state index in [9.17, 15) is 4.79 Å². The van der Waals surface area contributed by atoms with Crippen molar-refractivity contribution in [2.45, 2.75) is 38.8 Å². The molecule has 1 rings (SSSR count). The van der Waals surface area contributed by atoms with Crippen LogP contribution in [0.1, 0.15) is 31.7 Å². The Balaban J connectivity index is 2.33. The lowest BCUT2D eigenvalue weighted by atomic mass is 10.1. The van der Waals surface area contributed by atoms with E-state index in [1.807, 2.05) is 19.1 Å². The molecule has 1 aromatic rings. The highest BCUT2D eigenvalue weighted by molar-refractivity contribution is 5.75. The molecule has 0 fully saturated rings. The fourth-order valence-electron chi connectivity index (χ4n) is 1.61. The minimum Gasteiger partial charge on any atom is -0.481 e. The molecule has 5 heteroatoms. The van der Waals surface area contributed by atoms with Crippen molar-refractivity contribution in [1.82, 2.24) is 10.3 Å². The highest BCUT2D eigenvalue weighted by atomic mass is 16.5. The summed E-state index contributed by atoms with van der Waals surface area (Å²) in [6, 6.07) is 3.85. The van der Waals surface area contributed by atoms with Gasteiger partial charge in [0.15, 0.2) is 0 Å². The van der Waals surface area contributed by atoms with Crippen molar-refractivity contribution in [1.29, 1.82) is 0 Å². The maximum Gasteiger partial charge on any atom is 0.220 e. The Kier molecular flexibility index (Phi) is 6.14. The Labute approximate surface area is 108 Å². The van der Waals surface area contributed by atoms with Crippen molar-refractivity contribution >= 4 is 5.91 Å². The third-order valence-corrected chi connectivity index (χ3v) is 2.58. The number of nitrogens with zero attached hydrogens (tertiary/aromatic N) is 1. The topological polar surface area (TPSA) is 77.2 Å². The van der Waals surface area contributed by atoms with Gasteiger partial charge in [-0.05, 0) is 25.8 Å². The number of amides is 1. The molecule has 100 valence electrons. The number of carbonyl (C=O) groups excluding carboxylic acids is 1. The molecule has 1 atom stereocenters. The Morgan fingerprint density at radius 3 is 3.06 bits per heavy atom. The van der Waals surface area contributed by atoms with Gasteiger partial charge < -0.3 is 15.8 Å². The molecule has 1 amide bonds. The van der Waals surface area contributed by atoms with E-state index in [0.29, 0.717) is 18.8 Å². The molecule has 0 aliphatic rings. The van der Waals surface area contributed by atoms with Crippen molar-refractivity contribution in [3.63, 3.8) is 0 Å². The van der Waals surface area contributed by atoms with Crippen LogP contribution in [0.25, 0.3) is 0 Å². The number of carbonyl (C=O) groups is 1. The lowest BCUT2D eigenvalue weighted by molar-refractivity contribution is -0.121. The van der Waals surface area contributed by atoms with Crippen LogP contribution in [0.15, 0.2) is 18.3 Å². The van der Waals surface area contributed by atoms with Gasteiger partial charge in [-0.2, -0.15) is 0 Å². The van der Waals surface area contributed by atoms with Gasteiger partial charge in [-0.3, -0.25) is 4.79 Å². The van der Waals surface area contributed by atoms with E-state index in [-0.39, 0.29) is 11.9 Å². The molecule has 0 aliphatic heterocycles. The zero-order chi connectivity index (χ0) is 13.4. The van der Waals surface area contributed by atoms with Gasteiger partial charge in [0.1, 0.15) is 0 Å². The Bertz CT molecular complexity index is 380. The van der Waals surface area contributed by atoms with Gasteiger partial charge in [-0.25, -0.2) is 4.98 Å². The number of methoxy groups -OCH3 is 1. The van der Waals surface area contributed by atoms with Crippen LogP contribution in [0.2, 0.25) is 0 Å². The molecule has 5 nitrogen and oxygen atoms in total. The third kappa shape index (κ3) is 5.14. The molecule has 1 unspecified atom stereocenters. The quantitative estimate of drug-likeness (QED) is 0.764. The van der Waals surface area contributed by atoms with Crippen molar-refractivity contribution in [2.75, 3.05) is 7.11 Å². The smallest absolute Gasteiger partial charge is 0.220 e. The lowest BCUT2D eigenvalue weighted by Gasteiger charge is -2.09. The fraction of sp³-hybridized carbons (Fsp3) is 0.538. The van der Waals surface area contributed by atoms with Gasteiger partial charge in [0.25, 0.3) is 0 Å². The Hall–Kier alpha value is -1.62. The van der Waals surface area contributed by atoms with Crippen LogP contribution >= 0.6 is 0 Å². The lowest BCUT2D eigenvalue weighted by Crippen LogP contribution is -2.23. The molecule has 0 saturated heterocycles. The first-order valence-electron chi connectivity index (χ1n) is 6.13. The summed E-state index contributed by atoms with van der Waals surface area (Å²) in [7, 11) is 1.57. The maximum absolute atomic E-state index is 11.6. The van der Waals surface area contributed by atoms with Gasteiger partial charge in [-0.1, -0.05) is 6.07 Å². The van der Waals surface area contributed by atoms with Gasteiger partial charge in [0.05, 0.1) is 7.11 Å². The number of nitrogens with two attached hydrogens (primary N) is 1. The van der Waals surface area contributed by atoms with Crippen molar-refractivity contribution in [3.05, 3.63) is 23.9 Å². The summed E-state index contributed by atoms with van der Waals surface area (Å²) in [5.41, 5.74) is 6.50. The molecular weight excluding hydrogens is 230 g/mol. The molecule has 0 spiro atoms. The Morgan fingerprint density at radius 2 is 2.39 bits per heavy atom. The van der Waals surface area contributed by atoms with Crippen LogP contribution < -0.4 is 15.8 Å². The van der Waals surface area contributed by atoms with E-state index in [2.05, 4.69) is 10.3 Å². The second-order valence-electron chi connectivity index (χ2n) is 4.32. The predicted octanol–water partition coefficient (Wildman–Crippen LogP) is 1.22. The van der Waals surface area contributed by atoms with E-state index in [0.717, 1.165) is 18.4 Å². The number of aromatic nitrogens is 1. The van der Waals surface area contributed by atoms with Crippen molar-refractivity contribution < 1.29 is 9.53 Å². The fourth-order valence-corrected chi connectivity index (χ4v) is 1.61. The molecule has 0 aromatic carbocycles. The highest BCUT2D eigenvalue weighted by Crippen LogP contribution is 2.12. The normalized spacial score (nSPS) is 11.9. The van der Waals surface area contributed by atoms with Crippen molar-refractivity contribution in [3.8, 4) is 5.88 Å². The SMILES string of the molecule is COc1ncccc1CNC(=O)CCCC(C)N. The number of rotatable bonds is 7. The number of pyridine rings is 1. The average molecular weight is 251 g/mol. The van der Waals surface area contributed by atoms with E-state index in [1.54, 1.807) is 13.3 Å². The van der Waals surface area contributed by atoms with Gasteiger partial charge in [0.2, 0.25) is 11.8 Å². The molecule has 1 aromatic heterocycles. The molecular formula is C13H21N3O2. The summed E-state index contributed by atoms with van der Waals surface area (Å²) in [6.45, 7) is 2.38. The van der Waals surface area contributed by atoms with Crippen LogP contribution in [0, 0.1) is 0 Å². The number of hydrogen-bond acceptors (Lipinski definition) is 4. The van der Waals surface area contributed by atoms with Gasteiger partial charge in [0, 0.05) is 30.8 Å². The monoisotopic (exact) mass is 251 g/mol. The molecule has 3 N–H and O–H groups in total. The summed E-state index contributed by atoms with van der Waals surface area (Å²) >= 11 is 0. The van der Waals surface area contributed by atoms with E-state index >= 15 is 0 Å². The first-order valence-corrected chi connectivity index (χ1v) is 6.13. The third-order valence-electron chi connectivity index (χ3n) is 2.58. The predicted molar refractivity (Wildman–Crippen MR) is 70.1 cm³/mol. The average Bonchev–Trinajstić information content (AvgIpc) is 2.36. The van der Waals surface area contributed by atoms with Crippen LogP contribution in [-0.2, 0) is 11.3 Å². The Morgan fingerprint density at radius 1 is 1.61 bits per heavy atom. The molecule has 0 saturated carbocycles. The number of nitrogens with one attached hydrogen (secondary N) is 1. The first-order chi connectivity index (χ1) is 8.63. The summed E-state index contributed by atoms with van der Waals surface area (Å²) < 4.78 is 5.11. The van der Waals surface area contributed by atoms with E-state index < -0.39 is 0 Å². The molecule has 0 radical (unpaired) electrons.